The van der Waals surface area contributed by atoms with Gasteiger partial charge in [0.2, 0.25) is 0 Å². The van der Waals surface area contributed by atoms with Gasteiger partial charge in [-0.05, 0) is 39.2 Å². The van der Waals surface area contributed by atoms with Crippen LogP contribution in [0.2, 0.25) is 0 Å². The monoisotopic (exact) mass is 176 g/mol. The van der Waals surface area contributed by atoms with Crippen molar-refractivity contribution in [2.24, 2.45) is 5.73 Å². The summed E-state index contributed by atoms with van der Waals surface area (Å²) in [6.07, 6.45) is 6.46. The van der Waals surface area contributed by atoms with E-state index in [0.717, 1.165) is 6.04 Å². The van der Waals surface area contributed by atoms with Crippen LogP contribution in [0.25, 0.3) is 0 Å². The second-order valence-electron chi connectivity index (χ2n) is 3.80. The lowest BCUT2D eigenvalue weighted by Crippen LogP contribution is -2.54. The Labute approximate surface area is 74.5 Å². The van der Waals surface area contributed by atoms with E-state index in [1.54, 1.807) is 0 Å². The molecule has 66 valence electrons. The summed E-state index contributed by atoms with van der Waals surface area (Å²) < 4.78 is 0. The van der Waals surface area contributed by atoms with Crippen LogP contribution in [0.15, 0.2) is 0 Å². The van der Waals surface area contributed by atoms with E-state index < -0.39 is 0 Å². The van der Waals surface area contributed by atoms with Crippen LogP contribution in [0.4, 0.5) is 0 Å². The molecule has 0 spiro atoms. The Kier molecular flexibility index (Phi) is 2.47. The molecular weight excluding hydrogens is 160 g/mol. The summed E-state index contributed by atoms with van der Waals surface area (Å²) in [4.78, 5) is 2.39. The molecule has 0 radical (unpaired) electrons. The van der Waals surface area contributed by atoms with Gasteiger partial charge in [-0.25, -0.2) is 0 Å². The number of halogens is 1. The summed E-state index contributed by atoms with van der Waals surface area (Å²) in [7, 11) is 2.18. The maximum absolute atomic E-state index is 6.17. The SMILES string of the molecule is CN1[C@H]2CCC[C@]1(N)CC2.Cl. The maximum Gasteiger partial charge on any atom is 0.0687 e. The first kappa shape index (κ1) is 9.30. The average molecular weight is 177 g/mol. The highest BCUT2D eigenvalue weighted by Gasteiger charge is 2.43. The zero-order chi connectivity index (χ0) is 7.19. The van der Waals surface area contributed by atoms with Crippen LogP contribution in [-0.2, 0) is 0 Å². The van der Waals surface area contributed by atoms with E-state index in [9.17, 15) is 0 Å². The molecule has 2 bridgehead atoms. The van der Waals surface area contributed by atoms with E-state index in [-0.39, 0.29) is 18.1 Å². The first-order valence-corrected chi connectivity index (χ1v) is 4.24. The van der Waals surface area contributed by atoms with E-state index in [0.29, 0.717) is 0 Å². The lowest BCUT2D eigenvalue weighted by atomic mass is 9.99. The van der Waals surface area contributed by atoms with E-state index in [2.05, 4.69) is 11.9 Å². The van der Waals surface area contributed by atoms with Gasteiger partial charge in [-0.15, -0.1) is 12.4 Å². The second-order valence-corrected chi connectivity index (χ2v) is 3.80. The third-order valence-corrected chi connectivity index (χ3v) is 3.31. The molecule has 2 atom stereocenters. The fourth-order valence-electron chi connectivity index (χ4n) is 2.43. The molecule has 2 rings (SSSR count). The highest BCUT2D eigenvalue weighted by atomic mass is 35.5. The number of hydrogen-bond acceptors (Lipinski definition) is 2. The van der Waals surface area contributed by atoms with Crippen molar-refractivity contribution in [1.82, 2.24) is 4.90 Å². The fraction of sp³-hybridized carbons (Fsp3) is 1.00. The van der Waals surface area contributed by atoms with Crippen molar-refractivity contribution in [3.8, 4) is 0 Å². The van der Waals surface area contributed by atoms with Gasteiger partial charge in [-0.3, -0.25) is 4.90 Å². The molecule has 0 aromatic heterocycles. The molecule has 2 fully saturated rings. The van der Waals surface area contributed by atoms with Crippen LogP contribution in [0.1, 0.15) is 32.1 Å². The zero-order valence-corrected chi connectivity index (χ0v) is 7.86. The predicted octanol–water partition coefficient (Wildman–Crippen LogP) is 1.34. The Hall–Kier alpha value is 0.210. The highest BCUT2D eigenvalue weighted by molar-refractivity contribution is 5.85. The Bertz CT molecular complexity index is 147. The quantitative estimate of drug-likeness (QED) is 0.604. The van der Waals surface area contributed by atoms with Gasteiger partial charge in [0.15, 0.2) is 0 Å². The van der Waals surface area contributed by atoms with Crippen molar-refractivity contribution in [1.29, 1.82) is 0 Å². The van der Waals surface area contributed by atoms with Crippen LogP contribution in [0.5, 0.6) is 0 Å². The largest absolute Gasteiger partial charge is 0.313 e. The molecule has 3 heteroatoms. The number of fused-ring (bicyclic) bond motifs is 2. The third-order valence-electron chi connectivity index (χ3n) is 3.31. The number of piperidine rings is 1. The first-order chi connectivity index (χ1) is 4.72. The molecule has 0 unspecified atom stereocenters. The summed E-state index contributed by atoms with van der Waals surface area (Å²) >= 11 is 0. The molecular formula is C8H17ClN2. The van der Waals surface area contributed by atoms with Crippen molar-refractivity contribution in [3.05, 3.63) is 0 Å². The number of hydrogen-bond donors (Lipinski definition) is 1. The minimum atomic E-state index is 0. The van der Waals surface area contributed by atoms with Gasteiger partial charge in [0, 0.05) is 6.04 Å². The van der Waals surface area contributed by atoms with Gasteiger partial charge < -0.3 is 5.73 Å². The standard InChI is InChI=1S/C8H16N2.ClH/c1-10-7-3-2-5-8(10,9)6-4-7;/h7H,2-6,9H2,1H3;1H/t7-,8+;/m0./s1. The Balaban J connectivity index is 0.000000605. The molecule has 2 N–H and O–H groups in total. The molecule has 2 heterocycles. The van der Waals surface area contributed by atoms with Crippen molar-refractivity contribution in [2.45, 2.75) is 43.8 Å². The van der Waals surface area contributed by atoms with Gasteiger partial charge in [-0.1, -0.05) is 0 Å². The molecule has 2 nitrogen and oxygen atoms in total. The van der Waals surface area contributed by atoms with E-state index in [1.807, 2.05) is 0 Å². The summed E-state index contributed by atoms with van der Waals surface area (Å²) in [5.74, 6) is 0. The lowest BCUT2D eigenvalue weighted by Gasteiger charge is -2.39. The summed E-state index contributed by atoms with van der Waals surface area (Å²) in [6.45, 7) is 0. The normalized spacial score (nSPS) is 43.6. The highest BCUT2D eigenvalue weighted by Crippen LogP contribution is 2.38. The summed E-state index contributed by atoms with van der Waals surface area (Å²) in [5, 5.41) is 0. The van der Waals surface area contributed by atoms with Crippen LogP contribution in [-0.4, -0.2) is 23.7 Å². The Morgan fingerprint density at radius 2 is 2.09 bits per heavy atom. The van der Waals surface area contributed by atoms with Crippen molar-refractivity contribution < 1.29 is 0 Å². The molecule has 0 aliphatic carbocycles. The first-order valence-electron chi connectivity index (χ1n) is 4.24. The topological polar surface area (TPSA) is 29.3 Å². The number of rotatable bonds is 0. The van der Waals surface area contributed by atoms with Crippen LogP contribution >= 0.6 is 12.4 Å². The minimum Gasteiger partial charge on any atom is -0.313 e. The molecule has 2 saturated heterocycles. The third kappa shape index (κ3) is 1.28. The van der Waals surface area contributed by atoms with Crippen LogP contribution in [0.3, 0.4) is 0 Å². The van der Waals surface area contributed by atoms with Crippen molar-refractivity contribution >= 4 is 12.4 Å². The molecule has 11 heavy (non-hydrogen) atoms. The summed E-state index contributed by atoms with van der Waals surface area (Å²) in [6, 6.07) is 0.804. The van der Waals surface area contributed by atoms with E-state index in [4.69, 9.17) is 5.73 Å². The fourth-order valence-corrected chi connectivity index (χ4v) is 2.43. The maximum atomic E-state index is 6.17. The summed E-state index contributed by atoms with van der Waals surface area (Å²) in [5.41, 5.74) is 6.26. The van der Waals surface area contributed by atoms with Crippen LogP contribution in [0, 0.1) is 0 Å². The number of nitrogens with zero attached hydrogens (tertiary/aromatic N) is 1. The smallest absolute Gasteiger partial charge is 0.0687 e. The average Bonchev–Trinajstić information content (AvgIpc) is 2.18. The van der Waals surface area contributed by atoms with Gasteiger partial charge >= 0.3 is 0 Å². The van der Waals surface area contributed by atoms with Gasteiger partial charge in [0.25, 0.3) is 0 Å². The molecule has 2 aliphatic rings. The Morgan fingerprint density at radius 3 is 2.64 bits per heavy atom. The Morgan fingerprint density at radius 1 is 1.36 bits per heavy atom. The molecule has 0 aromatic rings. The number of nitrogens with two attached hydrogens (primary N) is 1. The van der Waals surface area contributed by atoms with E-state index in [1.165, 1.54) is 32.1 Å². The van der Waals surface area contributed by atoms with E-state index >= 15 is 0 Å². The van der Waals surface area contributed by atoms with Gasteiger partial charge in [-0.2, -0.15) is 0 Å². The van der Waals surface area contributed by atoms with Crippen LogP contribution < -0.4 is 5.73 Å². The molecule has 0 amide bonds. The molecule has 0 saturated carbocycles. The lowest BCUT2D eigenvalue weighted by molar-refractivity contribution is 0.0878. The van der Waals surface area contributed by atoms with Gasteiger partial charge in [0.1, 0.15) is 0 Å². The predicted molar refractivity (Wildman–Crippen MR) is 48.8 cm³/mol. The van der Waals surface area contributed by atoms with Crippen molar-refractivity contribution in [2.75, 3.05) is 7.05 Å². The molecule has 0 aromatic carbocycles. The zero-order valence-electron chi connectivity index (χ0n) is 7.05. The second kappa shape index (κ2) is 2.92. The van der Waals surface area contributed by atoms with Crippen molar-refractivity contribution in [3.63, 3.8) is 0 Å². The van der Waals surface area contributed by atoms with Gasteiger partial charge in [0.05, 0.1) is 5.66 Å². The molecule has 2 aliphatic heterocycles. The minimum absolute atomic E-state index is 0.